The lowest BCUT2D eigenvalue weighted by molar-refractivity contribution is 0.199. The summed E-state index contributed by atoms with van der Waals surface area (Å²) >= 11 is 0. The molecule has 1 unspecified atom stereocenters. The highest BCUT2D eigenvalue weighted by Gasteiger charge is 2.25. The number of halogens is 1. The molecule has 0 bridgehead atoms. The van der Waals surface area contributed by atoms with Crippen molar-refractivity contribution in [2.75, 3.05) is 18.0 Å². The normalized spacial score (nSPS) is 16.7. The van der Waals surface area contributed by atoms with Crippen molar-refractivity contribution in [3.63, 3.8) is 0 Å². The Balaban J connectivity index is 2.35. The third kappa shape index (κ3) is 2.83. The van der Waals surface area contributed by atoms with Crippen LogP contribution in [0.4, 0.5) is 10.1 Å². The number of anilines is 1. The second-order valence-corrected chi connectivity index (χ2v) is 5.32. The maximum absolute atomic E-state index is 13.6. The molecule has 0 aliphatic heterocycles. The van der Waals surface area contributed by atoms with Crippen LogP contribution in [-0.4, -0.2) is 18.2 Å². The monoisotopic (exact) mass is 251 g/mol. The molecule has 2 nitrogen and oxygen atoms in total. The fraction of sp³-hybridized carbons (Fsp3) is 0.600. The lowest BCUT2D eigenvalue weighted by atomic mass is 10.0. The van der Waals surface area contributed by atoms with Crippen LogP contribution in [-0.2, 0) is 0 Å². The van der Waals surface area contributed by atoms with Crippen molar-refractivity contribution in [2.24, 2.45) is 5.92 Å². The van der Waals surface area contributed by atoms with Gasteiger partial charge >= 0.3 is 0 Å². The van der Waals surface area contributed by atoms with Gasteiger partial charge in [0.05, 0.1) is 6.10 Å². The zero-order chi connectivity index (χ0) is 13.3. The van der Waals surface area contributed by atoms with Gasteiger partial charge in [0, 0.05) is 24.3 Å². The van der Waals surface area contributed by atoms with E-state index in [1.807, 2.05) is 6.07 Å². The van der Waals surface area contributed by atoms with Gasteiger partial charge in [-0.15, -0.1) is 0 Å². The Hall–Kier alpha value is -1.09. The van der Waals surface area contributed by atoms with Crippen molar-refractivity contribution >= 4 is 5.69 Å². The van der Waals surface area contributed by atoms with Crippen molar-refractivity contribution in [1.82, 2.24) is 0 Å². The highest BCUT2D eigenvalue weighted by Crippen LogP contribution is 2.34. The molecule has 2 rings (SSSR count). The summed E-state index contributed by atoms with van der Waals surface area (Å²) in [4.78, 5) is 2.26. The van der Waals surface area contributed by atoms with Crippen molar-refractivity contribution in [3.05, 3.63) is 29.1 Å². The standard InChI is InChI=1S/C15H22FNO/c1-4-17(9-12-5-6-12)15-7-10(2)14(16)8-13(15)11(3)18/h7-8,11-12,18H,4-6,9H2,1-3H3. The number of hydrogen-bond acceptors (Lipinski definition) is 2. The molecule has 1 aliphatic carbocycles. The van der Waals surface area contributed by atoms with Gasteiger partial charge in [-0.3, -0.25) is 0 Å². The number of aliphatic hydroxyl groups is 1. The van der Waals surface area contributed by atoms with Crippen LogP contribution in [0, 0.1) is 18.7 Å². The number of aryl methyl sites for hydroxylation is 1. The summed E-state index contributed by atoms with van der Waals surface area (Å²) < 4.78 is 13.6. The van der Waals surface area contributed by atoms with Gasteiger partial charge in [-0.25, -0.2) is 4.39 Å². The summed E-state index contributed by atoms with van der Waals surface area (Å²) in [6.07, 6.45) is 1.95. The fourth-order valence-electron chi connectivity index (χ4n) is 2.30. The highest BCUT2D eigenvalue weighted by molar-refractivity contribution is 5.57. The molecule has 1 N–H and O–H groups in total. The minimum Gasteiger partial charge on any atom is -0.389 e. The van der Waals surface area contributed by atoms with E-state index < -0.39 is 6.10 Å². The minimum absolute atomic E-state index is 0.239. The van der Waals surface area contributed by atoms with Gasteiger partial charge in [-0.05, 0) is 57.2 Å². The number of benzene rings is 1. The van der Waals surface area contributed by atoms with E-state index in [-0.39, 0.29) is 5.82 Å². The lowest BCUT2D eigenvalue weighted by Crippen LogP contribution is -2.27. The summed E-state index contributed by atoms with van der Waals surface area (Å²) in [6.45, 7) is 7.48. The van der Waals surface area contributed by atoms with Crippen LogP contribution in [0.5, 0.6) is 0 Å². The van der Waals surface area contributed by atoms with Gasteiger partial charge in [0.1, 0.15) is 5.82 Å². The van der Waals surface area contributed by atoms with Gasteiger partial charge in [-0.1, -0.05) is 0 Å². The molecule has 0 spiro atoms. The Kier molecular flexibility index (Phi) is 3.91. The summed E-state index contributed by atoms with van der Waals surface area (Å²) in [5.74, 6) is 0.536. The van der Waals surface area contributed by atoms with E-state index in [1.54, 1.807) is 13.8 Å². The van der Waals surface area contributed by atoms with Gasteiger partial charge in [0.2, 0.25) is 0 Å². The zero-order valence-corrected chi connectivity index (χ0v) is 11.4. The molecule has 18 heavy (non-hydrogen) atoms. The Morgan fingerprint density at radius 2 is 2.11 bits per heavy atom. The molecule has 3 heteroatoms. The van der Waals surface area contributed by atoms with Gasteiger partial charge in [-0.2, -0.15) is 0 Å². The summed E-state index contributed by atoms with van der Waals surface area (Å²) in [5.41, 5.74) is 2.32. The van der Waals surface area contributed by atoms with Crippen LogP contribution >= 0.6 is 0 Å². The second-order valence-electron chi connectivity index (χ2n) is 5.32. The number of rotatable bonds is 5. The Labute approximate surface area is 108 Å². The summed E-state index contributed by atoms with van der Waals surface area (Å²) in [6, 6.07) is 3.34. The smallest absolute Gasteiger partial charge is 0.126 e. The maximum atomic E-state index is 13.6. The first kappa shape index (κ1) is 13.3. The number of aliphatic hydroxyl groups excluding tert-OH is 1. The van der Waals surface area contributed by atoms with E-state index in [4.69, 9.17) is 0 Å². The van der Waals surface area contributed by atoms with Gasteiger partial charge in [0.15, 0.2) is 0 Å². The SMILES string of the molecule is CCN(CC1CC1)c1cc(C)c(F)cc1C(C)O. The average Bonchev–Trinajstić information content (AvgIpc) is 3.13. The molecular weight excluding hydrogens is 229 g/mol. The molecule has 1 atom stereocenters. The molecule has 1 aromatic carbocycles. The molecule has 100 valence electrons. The van der Waals surface area contributed by atoms with E-state index in [0.717, 1.165) is 24.7 Å². The molecule has 0 saturated heterocycles. The predicted octanol–water partition coefficient (Wildman–Crippen LogP) is 3.42. The van der Waals surface area contributed by atoms with E-state index in [9.17, 15) is 9.50 Å². The maximum Gasteiger partial charge on any atom is 0.126 e. The first-order valence-corrected chi connectivity index (χ1v) is 6.76. The zero-order valence-electron chi connectivity index (χ0n) is 11.4. The van der Waals surface area contributed by atoms with Crippen molar-refractivity contribution < 1.29 is 9.50 Å². The Morgan fingerprint density at radius 1 is 1.44 bits per heavy atom. The predicted molar refractivity (Wildman–Crippen MR) is 72.4 cm³/mol. The fourth-order valence-corrected chi connectivity index (χ4v) is 2.30. The largest absolute Gasteiger partial charge is 0.389 e. The summed E-state index contributed by atoms with van der Waals surface area (Å²) in [5, 5.41) is 9.82. The topological polar surface area (TPSA) is 23.5 Å². The van der Waals surface area contributed by atoms with Crippen molar-refractivity contribution in [3.8, 4) is 0 Å². The van der Waals surface area contributed by atoms with Crippen LogP contribution in [0.1, 0.15) is 43.9 Å². The van der Waals surface area contributed by atoms with Crippen LogP contribution in [0.3, 0.4) is 0 Å². The quantitative estimate of drug-likeness (QED) is 0.866. The minimum atomic E-state index is -0.636. The van der Waals surface area contributed by atoms with Crippen LogP contribution < -0.4 is 4.90 Å². The molecule has 1 aliphatic rings. The lowest BCUT2D eigenvalue weighted by Gasteiger charge is -2.27. The second kappa shape index (κ2) is 5.27. The van der Waals surface area contributed by atoms with E-state index in [2.05, 4.69) is 11.8 Å². The first-order chi connectivity index (χ1) is 8.52. The number of nitrogens with zero attached hydrogens (tertiary/aromatic N) is 1. The first-order valence-electron chi connectivity index (χ1n) is 6.76. The van der Waals surface area contributed by atoms with Crippen molar-refractivity contribution in [2.45, 2.75) is 39.7 Å². The van der Waals surface area contributed by atoms with Crippen LogP contribution in [0.2, 0.25) is 0 Å². The van der Waals surface area contributed by atoms with E-state index in [1.165, 1.54) is 18.9 Å². The highest BCUT2D eigenvalue weighted by atomic mass is 19.1. The molecule has 0 heterocycles. The third-order valence-electron chi connectivity index (χ3n) is 3.66. The molecule has 1 aromatic rings. The molecule has 0 amide bonds. The molecule has 1 saturated carbocycles. The summed E-state index contributed by atoms with van der Waals surface area (Å²) in [7, 11) is 0. The van der Waals surface area contributed by atoms with Gasteiger partial charge < -0.3 is 10.0 Å². The molecule has 0 aromatic heterocycles. The molecule has 0 radical (unpaired) electrons. The molecule has 1 fully saturated rings. The van der Waals surface area contributed by atoms with Crippen molar-refractivity contribution in [1.29, 1.82) is 0 Å². The Bertz CT molecular complexity index is 427. The van der Waals surface area contributed by atoms with E-state index >= 15 is 0 Å². The third-order valence-corrected chi connectivity index (χ3v) is 3.66. The van der Waals surface area contributed by atoms with Crippen LogP contribution in [0.25, 0.3) is 0 Å². The number of hydrogen-bond donors (Lipinski definition) is 1. The average molecular weight is 251 g/mol. The van der Waals surface area contributed by atoms with Crippen LogP contribution in [0.15, 0.2) is 12.1 Å². The van der Waals surface area contributed by atoms with Gasteiger partial charge in [0.25, 0.3) is 0 Å². The molecular formula is C15H22FNO. The Morgan fingerprint density at radius 3 is 2.61 bits per heavy atom. The van der Waals surface area contributed by atoms with E-state index in [0.29, 0.717) is 11.1 Å².